The largest absolute Gasteiger partial charge is 0.347 e. The molecule has 1 aliphatic heterocycles. The number of aromatic nitrogens is 1. The maximum Gasteiger partial charge on any atom is 0.234 e. The van der Waals surface area contributed by atoms with Gasteiger partial charge in [-0.1, -0.05) is 23.8 Å². The van der Waals surface area contributed by atoms with Crippen LogP contribution in [-0.4, -0.2) is 16.1 Å². The molecule has 1 amide bonds. The van der Waals surface area contributed by atoms with Gasteiger partial charge in [0.05, 0.1) is 17.0 Å². The molecule has 0 aliphatic carbocycles. The van der Waals surface area contributed by atoms with Gasteiger partial charge in [-0.15, -0.1) is 11.8 Å². The van der Waals surface area contributed by atoms with Crippen molar-refractivity contribution in [2.24, 2.45) is 0 Å². The zero-order valence-corrected chi connectivity index (χ0v) is 13.0. The molecular weight excluding hydrogens is 280 g/mol. The molecule has 0 saturated heterocycles. The molecule has 0 fully saturated rings. The number of carbonyl (C=O) groups excluding carboxylic acids is 1. The second-order valence-electron chi connectivity index (χ2n) is 5.41. The summed E-state index contributed by atoms with van der Waals surface area (Å²) in [6.07, 6.45) is 2.56. The molecule has 0 radical (unpaired) electrons. The number of fused-ring (bicyclic) bond motifs is 1. The van der Waals surface area contributed by atoms with Gasteiger partial charge in [0.2, 0.25) is 5.91 Å². The number of nitrogens with one attached hydrogen (secondary N) is 1. The van der Waals surface area contributed by atoms with Crippen molar-refractivity contribution in [3.63, 3.8) is 0 Å². The number of thioether (sulfide) groups is 1. The van der Waals surface area contributed by atoms with E-state index >= 15 is 0 Å². The van der Waals surface area contributed by atoms with Crippen LogP contribution in [0.25, 0.3) is 0 Å². The molecule has 2 unspecified atom stereocenters. The molecule has 2 atom stereocenters. The van der Waals surface area contributed by atoms with Gasteiger partial charge in [-0.05, 0) is 44.0 Å². The molecule has 2 aromatic rings. The lowest BCUT2D eigenvalue weighted by atomic mass is 10.1. The average Bonchev–Trinajstić information content (AvgIpc) is 2.91. The molecule has 0 saturated carbocycles. The van der Waals surface area contributed by atoms with Crippen molar-refractivity contribution >= 4 is 17.7 Å². The molecule has 108 valence electrons. The summed E-state index contributed by atoms with van der Waals surface area (Å²) in [5.74, 6) is 0.0898. The molecule has 1 aromatic heterocycles. The maximum atomic E-state index is 12.4. The van der Waals surface area contributed by atoms with Crippen molar-refractivity contribution in [1.29, 1.82) is 0 Å². The second kappa shape index (κ2) is 5.90. The fourth-order valence-electron chi connectivity index (χ4n) is 2.49. The summed E-state index contributed by atoms with van der Waals surface area (Å²) in [7, 11) is 0. The van der Waals surface area contributed by atoms with Crippen LogP contribution in [0.1, 0.15) is 29.8 Å². The third-order valence-corrected chi connectivity index (χ3v) is 4.98. The normalized spacial score (nSPS) is 18.1. The Kier molecular flexibility index (Phi) is 3.97. The SMILES string of the molecule is Cc1ccc2c(c1)SC(C(=O)NC(C)c1ccccn1)C2. The first-order valence-corrected chi connectivity index (χ1v) is 7.99. The van der Waals surface area contributed by atoms with Crippen molar-refractivity contribution < 1.29 is 4.79 Å². The van der Waals surface area contributed by atoms with Crippen molar-refractivity contribution in [3.05, 3.63) is 59.4 Å². The van der Waals surface area contributed by atoms with Gasteiger partial charge in [-0.25, -0.2) is 0 Å². The summed E-state index contributed by atoms with van der Waals surface area (Å²) >= 11 is 1.66. The van der Waals surface area contributed by atoms with E-state index in [9.17, 15) is 4.79 Å². The standard InChI is InChI=1S/C17H18N2OS/c1-11-6-7-13-10-16(21-15(13)9-11)17(20)19-12(2)14-5-3-4-8-18-14/h3-9,12,16H,10H2,1-2H3,(H,19,20). The van der Waals surface area contributed by atoms with Crippen LogP contribution in [0, 0.1) is 6.92 Å². The molecule has 1 aromatic carbocycles. The second-order valence-corrected chi connectivity index (χ2v) is 6.65. The van der Waals surface area contributed by atoms with Crippen LogP contribution < -0.4 is 5.32 Å². The Morgan fingerprint density at radius 1 is 1.38 bits per heavy atom. The highest BCUT2D eigenvalue weighted by Gasteiger charge is 2.29. The first-order chi connectivity index (χ1) is 10.1. The maximum absolute atomic E-state index is 12.4. The fourth-order valence-corrected chi connectivity index (χ4v) is 3.79. The van der Waals surface area contributed by atoms with Crippen LogP contribution in [0.15, 0.2) is 47.5 Å². The predicted molar refractivity (Wildman–Crippen MR) is 85.3 cm³/mol. The van der Waals surface area contributed by atoms with Gasteiger partial charge < -0.3 is 5.32 Å². The van der Waals surface area contributed by atoms with E-state index in [0.717, 1.165) is 12.1 Å². The number of pyridine rings is 1. The van der Waals surface area contributed by atoms with Gasteiger partial charge in [-0.2, -0.15) is 0 Å². The van der Waals surface area contributed by atoms with Crippen molar-refractivity contribution in [3.8, 4) is 0 Å². The monoisotopic (exact) mass is 298 g/mol. The first-order valence-electron chi connectivity index (χ1n) is 7.11. The quantitative estimate of drug-likeness (QED) is 0.945. The Morgan fingerprint density at radius 2 is 2.24 bits per heavy atom. The predicted octanol–water partition coefficient (Wildman–Crippen LogP) is 3.28. The van der Waals surface area contributed by atoms with Gasteiger partial charge in [0, 0.05) is 11.1 Å². The number of hydrogen-bond donors (Lipinski definition) is 1. The van der Waals surface area contributed by atoms with E-state index < -0.39 is 0 Å². The molecule has 21 heavy (non-hydrogen) atoms. The molecule has 3 rings (SSSR count). The molecule has 0 spiro atoms. The number of nitrogens with zero attached hydrogens (tertiary/aromatic N) is 1. The number of rotatable bonds is 3. The molecular formula is C17H18N2OS. The zero-order valence-electron chi connectivity index (χ0n) is 12.2. The summed E-state index contributed by atoms with van der Waals surface area (Å²) in [4.78, 5) is 17.9. The molecule has 0 bridgehead atoms. The first kappa shape index (κ1) is 14.1. The molecule has 3 nitrogen and oxygen atoms in total. The highest BCUT2D eigenvalue weighted by molar-refractivity contribution is 8.01. The topological polar surface area (TPSA) is 42.0 Å². The van der Waals surface area contributed by atoms with Gasteiger partial charge in [-0.3, -0.25) is 9.78 Å². The van der Waals surface area contributed by atoms with Gasteiger partial charge in [0.1, 0.15) is 0 Å². The fraction of sp³-hybridized carbons (Fsp3) is 0.294. The number of aryl methyl sites for hydroxylation is 1. The summed E-state index contributed by atoms with van der Waals surface area (Å²) in [6.45, 7) is 4.05. The Morgan fingerprint density at radius 3 is 3.00 bits per heavy atom. The third-order valence-electron chi connectivity index (χ3n) is 3.68. The van der Waals surface area contributed by atoms with Crippen LogP contribution in [0.5, 0.6) is 0 Å². The third kappa shape index (κ3) is 3.10. The summed E-state index contributed by atoms with van der Waals surface area (Å²) < 4.78 is 0. The van der Waals surface area contributed by atoms with Crippen LogP contribution in [-0.2, 0) is 11.2 Å². The van der Waals surface area contributed by atoms with Crippen LogP contribution in [0.3, 0.4) is 0 Å². The highest BCUT2D eigenvalue weighted by atomic mass is 32.2. The Balaban J connectivity index is 1.65. The average molecular weight is 298 g/mol. The lowest BCUT2D eigenvalue weighted by molar-refractivity contribution is -0.121. The van der Waals surface area contributed by atoms with Gasteiger partial charge >= 0.3 is 0 Å². The number of hydrogen-bond acceptors (Lipinski definition) is 3. The zero-order chi connectivity index (χ0) is 14.8. The van der Waals surface area contributed by atoms with Crippen LogP contribution >= 0.6 is 11.8 Å². The smallest absolute Gasteiger partial charge is 0.234 e. The number of amides is 1. The minimum atomic E-state index is -0.0650. The Hall–Kier alpha value is -1.81. The van der Waals surface area contributed by atoms with Crippen molar-refractivity contribution in [2.45, 2.75) is 36.5 Å². The summed E-state index contributed by atoms with van der Waals surface area (Å²) in [6, 6.07) is 12.1. The molecule has 2 heterocycles. The molecule has 1 N–H and O–H groups in total. The van der Waals surface area contributed by atoms with Crippen LogP contribution in [0.4, 0.5) is 0 Å². The lowest BCUT2D eigenvalue weighted by Gasteiger charge is -2.16. The minimum absolute atomic E-state index is 0.0343. The van der Waals surface area contributed by atoms with Crippen molar-refractivity contribution in [2.75, 3.05) is 0 Å². The highest BCUT2D eigenvalue weighted by Crippen LogP contribution is 2.37. The Bertz CT molecular complexity index is 657. The lowest BCUT2D eigenvalue weighted by Crippen LogP contribution is -2.34. The van der Waals surface area contributed by atoms with E-state index in [1.807, 2.05) is 25.1 Å². The van der Waals surface area contributed by atoms with Gasteiger partial charge in [0.15, 0.2) is 0 Å². The van der Waals surface area contributed by atoms with Crippen LogP contribution in [0.2, 0.25) is 0 Å². The summed E-state index contributed by atoms with van der Waals surface area (Å²) in [5.41, 5.74) is 3.41. The van der Waals surface area contributed by atoms with Crippen molar-refractivity contribution in [1.82, 2.24) is 10.3 Å². The molecule has 4 heteroatoms. The van der Waals surface area contributed by atoms with E-state index in [0.29, 0.717) is 0 Å². The number of benzene rings is 1. The van der Waals surface area contributed by atoms with Gasteiger partial charge in [0.25, 0.3) is 0 Å². The Labute approximate surface area is 129 Å². The molecule has 1 aliphatic rings. The van der Waals surface area contributed by atoms with E-state index in [1.54, 1.807) is 18.0 Å². The summed E-state index contributed by atoms with van der Waals surface area (Å²) in [5, 5.41) is 3.03. The van der Waals surface area contributed by atoms with E-state index in [2.05, 4.69) is 35.4 Å². The van der Waals surface area contributed by atoms with E-state index in [4.69, 9.17) is 0 Å². The van der Waals surface area contributed by atoms with E-state index in [-0.39, 0.29) is 17.2 Å². The number of carbonyl (C=O) groups is 1. The minimum Gasteiger partial charge on any atom is -0.347 e. The van der Waals surface area contributed by atoms with E-state index in [1.165, 1.54) is 16.0 Å².